The lowest BCUT2D eigenvalue weighted by Crippen LogP contribution is -2.26. The summed E-state index contributed by atoms with van der Waals surface area (Å²) in [5.74, 6) is 2.84. The topological polar surface area (TPSA) is 71.1 Å². The maximum Gasteiger partial charge on any atom is 0.171 e. The van der Waals surface area contributed by atoms with Gasteiger partial charge in [-0.05, 0) is 91.0 Å². The Labute approximate surface area is 516 Å². The fourth-order valence-corrected chi connectivity index (χ4v) is 17.6. The summed E-state index contributed by atoms with van der Waals surface area (Å²) in [5, 5.41) is 4.31. The highest BCUT2D eigenvalue weighted by atomic mass is 31.2. The molecule has 1 aliphatic rings. The normalized spacial score (nSPS) is 12.2. The van der Waals surface area contributed by atoms with E-state index in [1.807, 2.05) is 194 Å². The molecule has 0 aromatic heterocycles. The molecule has 0 fully saturated rings. The van der Waals surface area contributed by atoms with Crippen molar-refractivity contribution >= 4 is 46.1 Å². The van der Waals surface area contributed by atoms with E-state index >= 15 is 9.13 Å². The Balaban J connectivity index is 1.10. The van der Waals surface area contributed by atoms with E-state index in [2.05, 4.69) is 109 Å². The van der Waals surface area contributed by atoms with Crippen LogP contribution >= 0.6 is 14.3 Å². The molecule has 0 N–H and O–H groups in total. The first kappa shape index (κ1) is 57.4. The van der Waals surface area contributed by atoms with E-state index < -0.39 is 14.3 Å². The molecule has 0 radical (unpaired) electrons. The van der Waals surface area contributed by atoms with Gasteiger partial charge in [0, 0.05) is 57.5 Å². The summed E-state index contributed by atoms with van der Waals surface area (Å²) < 4.78 is 62.8. The van der Waals surface area contributed by atoms with Crippen molar-refractivity contribution in [3.8, 4) is 23.0 Å². The van der Waals surface area contributed by atoms with Gasteiger partial charge >= 0.3 is 0 Å². The van der Waals surface area contributed by atoms with Gasteiger partial charge in [-0.15, -0.1) is 0 Å². The van der Waals surface area contributed by atoms with Crippen LogP contribution in [0.3, 0.4) is 0 Å². The molecule has 88 heavy (non-hydrogen) atoms. The first-order valence-electron chi connectivity index (χ1n) is 30.0. The van der Waals surface area contributed by atoms with Gasteiger partial charge in [-0.1, -0.05) is 279 Å². The Bertz CT molecular complexity index is 3950. The maximum absolute atomic E-state index is 16.8. The minimum atomic E-state index is -3.58. The van der Waals surface area contributed by atoms with Gasteiger partial charge in [-0.2, -0.15) is 0 Å². The van der Waals surface area contributed by atoms with Crippen LogP contribution in [0, 0.1) is 0 Å². The quantitative estimate of drug-likeness (QED) is 0.0797. The van der Waals surface area contributed by atoms with Crippen molar-refractivity contribution in [1.29, 1.82) is 0 Å². The summed E-state index contributed by atoms with van der Waals surface area (Å²) in [5.41, 5.74) is 11.2. The van der Waals surface area contributed by atoms with Gasteiger partial charge in [-0.3, -0.25) is 0 Å². The first-order chi connectivity index (χ1) is 43.4. The lowest BCUT2D eigenvalue weighted by Gasteiger charge is -2.27. The molecule has 0 unspecified atom stereocenters. The van der Waals surface area contributed by atoms with E-state index in [1.54, 1.807) is 0 Å². The Morgan fingerprint density at radius 3 is 0.625 bits per heavy atom. The largest absolute Gasteiger partial charge is 0.488 e. The molecule has 0 aliphatic heterocycles. The predicted molar refractivity (Wildman–Crippen MR) is 359 cm³/mol. The number of hydrogen-bond donors (Lipinski definition) is 0. The molecule has 12 aromatic rings. The van der Waals surface area contributed by atoms with E-state index in [0.29, 0.717) is 85.7 Å². The molecular formula is C80H66O6P2. The van der Waals surface area contributed by atoms with Crippen LogP contribution in [-0.4, -0.2) is 0 Å². The molecule has 0 saturated heterocycles. The molecule has 0 spiro atoms. The summed E-state index contributed by atoms with van der Waals surface area (Å²) in [7, 11) is -7.16. The second-order valence-corrected chi connectivity index (χ2v) is 27.9. The SMILES string of the molecule is O=P(c1ccccc1)(c1ccccc1)c1cc2c(OCc3ccccc3)c(c1)Cc1cccc(c1OCc1ccccc1)Cc1cc(P(=O)(c3ccccc3)c3ccccc3)cc(c1OCc1ccccc1)Cc1cccc(c1OCc1ccccc1)C2. The summed E-state index contributed by atoms with van der Waals surface area (Å²) in [4.78, 5) is 0. The molecule has 0 saturated carbocycles. The zero-order valence-corrected chi connectivity index (χ0v) is 50.7. The number of para-hydroxylation sites is 2. The average Bonchev–Trinajstić information content (AvgIpc) is 2.41. The van der Waals surface area contributed by atoms with Gasteiger partial charge in [0.1, 0.15) is 49.4 Å². The highest BCUT2D eigenvalue weighted by Gasteiger charge is 2.35. The smallest absolute Gasteiger partial charge is 0.171 e. The summed E-state index contributed by atoms with van der Waals surface area (Å²) >= 11 is 0. The Hall–Kier alpha value is -9.70. The Morgan fingerprint density at radius 1 is 0.216 bits per heavy atom. The van der Waals surface area contributed by atoms with Gasteiger partial charge in [0.2, 0.25) is 0 Å². The number of ether oxygens (including phenoxy) is 4. The van der Waals surface area contributed by atoms with E-state index in [1.165, 1.54) is 0 Å². The third-order valence-corrected chi connectivity index (χ3v) is 22.5. The molecule has 432 valence electrons. The lowest BCUT2D eigenvalue weighted by atomic mass is 9.91. The van der Waals surface area contributed by atoms with Crippen LogP contribution in [0.1, 0.15) is 66.8 Å². The summed E-state index contributed by atoms with van der Waals surface area (Å²) in [6.45, 7) is 1.18. The molecule has 1 aliphatic carbocycles. The van der Waals surface area contributed by atoms with E-state index in [-0.39, 0.29) is 0 Å². The van der Waals surface area contributed by atoms with Crippen LogP contribution in [0.15, 0.2) is 303 Å². The van der Waals surface area contributed by atoms with Crippen molar-refractivity contribution < 1.29 is 28.1 Å². The third-order valence-electron chi connectivity index (χ3n) is 16.4. The van der Waals surface area contributed by atoms with E-state index in [9.17, 15) is 0 Å². The second-order valence-electron chi connectivity index (χ2n) is 22.4. The Morgan fingerprint density at radius 2 is 0.409 bits per heavy atom. The van der Waals surface area contributed by atoms with Crippen LogP contribution in [0.25, 0.3) is 0 Å². The van der Waals surface area contributed by atoms with Crippen molar-refractivity contribution in [1.82, 2.24) is 0 Å². The fourth-order valence-electron chi connectivity index (χ4n) is 12.1. The maximum atomic E-state index is 16.8. The Kier molecular flexibility index (Phi) is 17.3. The number of rotatable bonds is 18. The zero-order valence-electron chi connectivity index (χ0n) is 48.9. The van der Waals surface area contributed by atoms with Crippen molar-refractivity contribution in [2.24, 2.45) is 0 Å². The van der Waals surface area contributed by atoms with Crippen LogP contribution in [0.5, 0.6) is 23.0 Å². The van der Waals surface area contributed by atoms with Crippen LogP contribution in [0.2, 0.25) is 0 Å². The van der Waals surface area contributed by atoms with Crippen LogP contribution < -0.4 is 50.8 Å². The van der Waals surface area contributed by atoms with E-state index in [4.69, 9.17) is 18.9 Å². The molecule has 8 bridgehead atoms. The summed E-state index contributed by atoms with van der Waals surface area (Å²) in [6, 6.07) is 102. The standard InChI is InChI=1S/C80H66O6P2/c81-87(71-39-17-5-18-40-71,72-41-19-6-20-42-72)75-51-67-47-63-35-25-36-64(77(63)83-55-59-27-9-1-10-28-59)48-68-52-76(88(82,73-43-21-7-22-44-73)74-45-23-8-24-46-74)54-70(80(68)86-58-62-33-15-4-16-34-62)50-66-38-26-37-65(78(66)84-56-60-29-11-2-12-30-60)49-69(53-75)79(67)85-57-61-31-13-3-14-32-61/h1-46,51-54H,47-50,55-58H2. The van der Waals surface area contributed by atoms with Crippen molar-refractivity contribution in [3.63, 3.8) is 0 Å². The second kappa shape index (κ2) is 26.5. The minimum Gasteiger partial charge on any atom is -0.488 e. The molecular weight excluding hydrogens is 1120 g/mol. The van der Waals surface area contributed by atoms with Gasteiger partial charge < -0.3 is 28.1 Å². The van der Waals surface area contributed by atoms with Crippen molar-refractivity contribution in [2.75, 3.05) is 0 Å². The fraction of sp³-hybridized carbons (Fsp3) is 0.100. The number of fused-ring (bicyclic) bond motifs is 8. The molecule has 6 nitrogen and oxygen atoms in total. The van der Waals surface area contributed by atoms with Crippen LogP contribution in [0.4, 0.5) is 0 Å². The highest BCUT2D eigenvalue weighted by Crippen LogP contribution is 2.48. The first-order valence-corrected chi connectivity index (χ1v) is 33.4. The lowest BCUT2D eigenvalue weighted by molar-refractivity contribution is 0.293. The van der Waals surface area contributed by atoms with Crippen molar-refractivity contribution in [2.45, 2.75) is 52.1 Å². The zero-order chi connectivity index (χ0) is 59.5. The highest BCUT2D eigenvalue weighted by molar-refractivity contribution is 7.85. The number of benzene rings is 12. The van der Waals surface area contributed by atoms with Gasteiger partial charge in [0.05, 0.1) is 0 Å². The molecule has 0 atom stereocenters. The van der Waals surface area contributed by atoms with Gasteiger partial charge in [0.15, 0.2) is 14.3 Å². The van der Waals surface area contributed by atoms with Crippen molar-refractivity contribution in [3.05, 3.63) is 370 Å². The molecule has 13 rings (SSSR count). The predicted octanol–water partition coefficient (Wildman–Crippen LogP) is 16.0. The monoisotopic (exact) mass is 1180 g/mol. The summed E-state index contributed by atoms with van der Waals surface area (Å²) in [6.07, 6.45) is 1.40. The minimum absolute atomic E-state index is 0.294. The van der Waals surface area contributed by atoms with E-state index in [0.717, 1.165) is 88.0 Å². The van der Waals surface area contributed by atoms with Crippen LogP contribution in [-0.2, 0) is 61.2 Å². The van der Waals surface area contributed by atoms with Gasteiger partial charge in [0.25, 0.3) is 0 Å². The number of hydrogen-bond acceptors (Lipinski definition) is 6. The average molecular weight is 1190 g/mol. The van der Waals surface area contributed by atoms with Gasteiger partial charge in [-0.25, -0.2) is 0 Å². The molecule has 12 aromatic carbocycles. The molecule has 0 heterocycles. The molecule has 0 amide bonds. The molecule has 8 heteroatoms. The third kappa shape index (κ3) is 12.5.